The SMILES string of the molecule is CCC(C)C(C)(CC)c1ccc(Br)cc1. The van der Waals surface area contributed by atoms with Crippen LogP contribution in [-0.2, 0) is 5.41 Å². The second kappa shape index (κ2) is 5.16. The van der Waals surface area contributed by atoms with E-state index in [0.717, 1.165) is 10.4 Å². The summed E-state index contributed by atoms with van der Waals surface area (Å²) in [7, 11) is 0. The maximum absolute atomic E-state index is 3.49. The Kier molecular flexibility index (Phi) is 4.39. The van der Waals surface area contributed by atoms with Crippen molar-refractivity contribution >= 4 is 15.9 Å². The largest absolute Gasteiger partial charge is 0.0651 e. The van der Waals surface area contributed by atoms with Gasteiger partial charge in [-0.2, -0.15) is 0 Å². The second-order valence-corrected chi connectivity index (χ2v) is 5.50. The molecule has 1 aromatic rings. The van der Waals surface area contributed by atoms with Crippen LogP contribution in [0.3, 0.4) is 0 Å². The van der Waals surface area contributed by atoms with Crippen molar-refractivity contribution in [3.8, 4) is 0 Å². The lowest BCUT2D eigenvalue weighted by molar-refractivity contribution is 0.295. The monoisotopic (exact) mass is 268 g/mol. The number of benzene rings is 1. The van der Waals surface area contributed by atoms with Crippen molar-refractivity contribution < 1.29 is 0 Å². The Morgan fingerprint density at radius 2 is 1.73 bits per heavy atom. The van der Waals surface area contributed by atoms with Crippen molar-refractivity contribution in [2.75, 3.05) is 0 Å². The van der Waals surface area contributed by atoms with Crippen LogP contribution in [-0.4, -0.2) is 0 Å². The molecule has 1 heteroatoms. The summed E-state index contributed by atoms with van der Waals surface area (Å²) in [6, 6.07) is 8.79. The van der Waals surface area contributed by atoms with Crippen LogP contribution >= 0.6 is 15.9 Å². The Bertz CT molecular complexity index is 302. The van der Waals surface area contributed by atoms with Gasteiger partial charge in [-0.3, -0.25) is 0 Å². The molecular formula is C14H21Br. The number of halogens is 1. The van der Waals surface area contributed by atoms with Gasteiger partial charge in [0.2, 0.25) is 0 Å². The van der Waals surface area contributed by atoms with Crippen molar-refractivity contribution in [2.24, 2.45) is 5.92 Å². The average molecular weight is 269 g/mol. The fourth-order valence-electron chi connectivity index (χ4n) is 2.12. The van der Waals surface area contributed by atoms with Gasteiger partial charge in [-0.15, -0.1) is 0 Å². The maximum Gasteiger partial charge on any atom is 0.0175 e. The molecular weight excluding hydrogens is 248 g/mol. The quantitative estimate of drug-likeness (QED) is 0.708. The minimum atomic E-state index is 0.315. The van der Waals surface area contributed by atoms with Gasteiger partial charge in [-0.1, -0.05) is 62.2 Å². The molecule has 0 heterocycles. The van der Waals surface area contributed by atoms with Crippen LogP contribution in [0.2, 0.25) is 0 Å². The first-order valence-corrected chi connectivity index (χ1v) is 6.60. The normalized spacial score (nSPS) is 17.1. The molecule has 0 nitrogen and oxygen atoms in total. The molecule has 0 aromatic heterocycles. The Labute approximate surface area is 102 Å². The van der Waals surface area contributed by atoms with Gasteiger partial charge in [-0.05, 0) is 35.4 Å². The molecule has 0 aliphatic carbocycles. The van der Waals surface area contributed by atoms with E-state index in [0.29, 0.717) is 5.41 Å². The van der Waals surface area contributed by atoms with Crippen molar-refractivity contribution in [3.05, 3.63) is 34.3 Å². The highest BCUT2D eigenvalue weighted by atomic mass is 79.9. The molecule has 1 rings (SSSR count). The molecule has 0 spiro atoms. The lowest BCUT2D eigenvalue weighted by Gasteiger charge is -2.35. The Morgan fingerprint density at radius 1 is 1.20 bits per heavy atom. The predicted octanol–water partition coefficient (Wildman–Crippen LogP) is 5.16. The molecule has 0 fully saturated rings. The van der Waals surface area contributed by atoms with Crippen molar-refractivity contribution in [3.63, 3.8) is 0 Å². The Hall–Kier alpha value is -0.300. The fraction of sp³-hybridized carbons (Fsp3) is 0.571. The van der Waals surface area contributed by atoms with Crippen molar-refractivity contribution in [1.82, 2.24) is 0 Å². The van der Waals surface area contributed by atoms with Gasteiger partial charge in [0.15, 0.2) is 0 Å². The standard InChI is InChI=1S/C14H21Br/c1-5-11(3)14(4,6-2)12-7-9-13(15)10-8-12/h7-11H,5-6H2,1-4H3. The van der Waals surface area contributed by atoms with E-state index >= 15 is 0 Å². The van der Waals surface area contributed by atoms with Crippen LogP contribution < -0.4 is 0 Å². The maximum atomic E-state index is 3.49. The van der Waals surface area contributed by atoms with E-state index in [9.17, 15) is 0 Å². The molecule has 15 heavy (non-hydrogen) atoms. The number of rotatable bonds is 4. The van der Waals surface area contributed by atoms with Crippen LogP contribution in [0.4, 0.5) is 0 Å². The molecule has 0 N–H and O–H groups in total. The van der Waals surface area contributed by atoms with E-state index in [4.69, 9.17) is 0 Å². The fourth-order valence-corrected chi connectivity index (χ4v) is 2.38. The molecule has 0 amide bonds. The van der Waals surface area contributed by atoms with Crippen molar-refractivity contribution in [2.45, 2.75) is 46.0 Å². The molecule has 2 unspecified atom stereocenters. The van der Waals surface area contributed by atoms with E-state index in [1.165, 1.54) is 18.4 Å². The molecule has 84 valence electrons. The lowest BCUT2D eigenvalue weighted by atomic mass is 9.70. The van der Waals surface area contributed by atoms with Crippen molar-refractivity contribution in [1.29, 1.82) is 0 Å². The van der Waals surface area contributed by atoms with Gasteiger partial charge in [-0.25, -0.2) is 0 Å². The van der Waals surface area contributed by atoms with Crippen LogP contribution in [0.25, 0.3) is 0 Å². The second-order valence-electron chi connectivity index (χ2n) is 4.59. The summed E-state index contributed by atoms with van der Waals surface area (Å²) >= 11 is 3.49. The molecule has 1 aromatic carbocycles. The molecule has 0 radical (unpaired) electrons. The van der Waals surface area contributed by atoms with Gasteiger partial charge in [0.05, 0.1) is 0 Å². The average Bonchev–Trinajstić information content (AvgIpc) is 2.27. The Morgan fingerprint density at radius 3 is 2.13 bits per heavy atom. The first-order chi connectivity index (χ1) is 7.04. The minimum absolute atomic E-state index is 0.315. The zero-order valence-electron chi connectivity index (χ0n) is 10.2. The highest BCUT2D eigenvalue weighted by Gasteiger charge is 2.29. The molecule has 0 aliphatic heterocycles. The Balaban J connectivity index is 3.05. The third-order valence-corrected chi connectivity index (χ3v) is 4.47. The van der Waals surface area contributed by atoms with Crippen LogP contribution in [0.5, 0.6) is 0 Å². The minimum Gasteiger partial charge on any atom is -0.0651 e. The third-order valence-electron chi connectivity index (χ3n) is 3.94. The summed E-state index contributed by atoms with van der Waals surface area (Å²) in [5, 5.41) is 0. The topological polar surface area (TPSA) is 0 Å². The molecule has 0 bridgehead atoms. The smallest absolute Gasteiger partial charge is 0.0175 e. The summed E-state index contributed by atoms with van der Waals surface area (Å²) in [5.41, 5.74) is 1.78. The number of hydrogen-bond acceptors (Lipinski definition) is 0. The summed E-state index contributed by atoms with van der Waals surface area (Å²) in [6.07, 6.45) is 2.43. The van der Waals surface area contributed by atoms with Gasteiger partial charge in [0.25, 0.3) is 0 Å². The van der Waals surface area contributed by atoms with Gasteiger partial charge in [0, 0.05) is 4.47 Å². The van der Waals surface area contributed by atoms with E-state index in [1.807, 2.05) is 0 Å². The summed E-state index contributed by atoms with van der Waals surface area (Å²) in [4.78, 5) is 0. The zero-order valence-corrected chi connectivity index (χ0v) is 11.8. The van der Waals surface area contributed by atoms with Gasteiger partial charge < -0.3 is 0 Å². The zero-order chi connectivity index (χ0) is 11.5. The van der Waals surface area contributed by atoms with Crippen LogP contribution in [0, 0.1) is 5.92 Å². The van der Waals surface area contributed by atoms with E-state index in [2.05, 4.69) is 67.9 Å². The lowest BCUT2D eigenvalue weighted by Crippen LogP contribution is -2.29. The number of hydrogen-bond donors (Lipinski definition) is 0. The summed E-state index contributed by atoms with van der Waals surface area (Å²) < 4.78 is 1.16. The van der Waals surface area contributed by atoms with Gasteiger partial charge >= 0.3 is 0 Å². The highest BCUT2D eigenvalue weighted by molar-refractivity contribution is 9.10. The molecule has 0 saturated heterocycles. The molecule has 0 saturated carbocycles. The van der Waals surface area contributed by atoms with Crippen LogP contribution in [0.1, 0.15) is 46.1 Å². The first-order valence-electron chi connectivity index (χ1n) is 5.80. The first kappa shape index (κ1) is 12.8. The van der Waals surface area contributed by atoms with E-state index < -0.39 is 0 Å². The third kappa shape index (κ3) is 2.63. The summed E-state index contributed by atoms with van der Waals surface area (Å²) in [5.74, 6) is 0.726. The molecule has 0 aliphatic rings. The van der Waals surface area contributed by atoms with E-state index in [1.54, 1.807) is 0 Å². The van der Waals surface area contributed by atoms with Gasteiger partial charge in [0.1, 0.15) is 0 Å². The molecule has 2 atom stereocenters. The van der Waals surface area contributed by atoms with Crippen LogP contribution in [0.15, 0.2) is 28.7 Å². The summed E-state index contributed by atoms with van der Waals surface area (Å²) in [6.45, 7) is 9.29. The predicted molar refractivity (Wildman–Crippen MR) is 71.2 cm³/mol. The highest BCUT2D eigenvalue weighted by Crippen LogP contribution is 2.37. The van der Waals surface area contributed by atoms with E-state index in [-0.39, 0.29) is 0 Å².